The number of ether oxygens (including phenoxy) is 2. The Morgan fingerprint density at radius 3 is 2.69 bits per heavy atom. The molecule has 35 heavy (non-hydrogen) atoms. The standard InChI is InChI=1S/C22H22N8O4S/c1-13-4-8-16(9-5-13)35-12-17-19(25-29-30(17)21-20(23)27-34-28-21)22(31)26-24-11-14-6-7-15(32-2)10-18(14)33-3/h4-11H,12H2,1-3H3,(H2,23,27)(H,26,31)/b24-11-. The minimum atomic E-state index is -0.561. The number of nitrogens with two attached hydrogens (primary N) is 1. The highest BCUT2D eigenvalue weighted by Gasteiger charge is 2.24. The fraction of sp³-hybridized carbons (Fsp3) is 0.182. The van der Waals surface area contributed by atoms with E-state index < -0.39 is 5.91 Å². The summed E-state index contributed by atoms with van der Waals surface area (Å²) in [6, 6.07) is 13.2. The molecule has 0 unspecified atom stereocenters. The van der Waals surface area contributed by atoms with Gasteiger partial charge in [-0.05, 0) is 41.5 Å². The van der Waals surface area contributed by atoms with Crippen molar-refractivity contribution in [1.29, 1.82) is 0 Å². The van der Waals surface area contributed by atoms with Crippen LogP contribution in [0.15, 0.2) is 57.1 Å². The van der Waals surface area contributed by atoms with Gasteiger partial charge >= 0.3 is 0 Å². The molecule has 2 aromatic heterocycles. The topological polar surface area (TPSA) is 156 Å². The van der Waals surface area contributed by atoms with Crippen LogP contribution in [0, 0.1) is 6.92 Å². The third-order valence-corrected chi connectivity index (χ3v) is 5.90. The first-order valence-corrected chi connectivity index (χ1v) is 11.3. The number of hydrazone groups is 1. The number of benzene rings is 2. The number of nitrogens with one attached hydrogen (secondary N) is 1. The van der Waals surface area contributed by atoms with Gasteiger partial charge in [-0.25, -0.2) is 10.1 Å². The molecule has 3 N–H and O–H groups in total. The van der Waals surface area contributed by atoms with E-state index in [1.54, 1.807) is 25.3 Å². The first-order valence-electron chi connectivity index (χ1n) is 10.3. The normalized spacial score (nSPS) is 11.1. The molecule has 0 fully saturated rings. The molecular formula is C22H22N8O4S. The molecular weight excluding hydrogens is 472 g/mol. The third kappa shape index (κ3) is 5.41. The third-order valence-electron chi connectivity index (χ3n) is 4.88. The van der Waals surface area contributed by atoms with Gasteiger partial charge in [0.05, 0.1) is 26.1 Å². The average molecular weight is 495 g/mol. The maximum Gasteiger partial charge on any atom is 0.293 e. The van der Waals surface area contributed by atoms with E-state index in [-0.39, 0.29) is 17.3 Å². The van der Waals surface area contributed by atoms with Gasteiger partial charge in [-0.2, -0.15) is 9.78 Å². The fourth-order valence-electron chi connectivity index (χ4n) is 3.04. The first-order chi connectivity index (χ1) is 17.0. The predicted molar refractivity (Wildman–Crippen MR) is 129 cm³/mol. The van der Waals surface area contributed by atoms with Crippen LogP contribution in [0.5, 0.6) is 11.5 Å². The average Bonchev–Trinajstić information content (AvgIpc) is 3.49. The monoisotopic (exact) mass is 494 g/mol. The molecule has 13 heteroatoms. The smallest absolute Gasteiger partial charge is 0.293 e. The van der Waals surface area contributed by atoms with Crippen molar-refractivity contribution >= 4 is 29.7 Å². The lowest BCUT2D eigenvalue weighted by Crippen LogP contribution is -2.20. The van der Waals surface area contributed by atoms with Gasteiger partial charge in [0, 0.05) is 22.3 Å². The van der Waals surface area contributed by atoms with E-state index in [2.05, 4.69) is 35.8 Å². The molecule has 0 radical (unpaired) electrons. The Hall–Kier alpha value is -4.39. The van der Waals surface area contributed by atoms with E-state index in [1.807, 2.05) is 31.2 Å². The fourth-order valence-corrected chi connectivity index (χ4v) is 3.93. The molecule has 4 aromatic rings. The molecule has 0 bridgehead atoms. The maximum absolute atomic E-state index is 12.9. The summed E-state index contributed by atoms with van der Waals surface area (Å²) in [4.78, 5) is 13.9. The number of anilines is 1. The Labute approximate surface area is 204 Å². The van der Waals surface area contributed by atoms with Crippen molar-refractivity contribution < 1.29 is 18.9 Å². The van der Waals surface area contributed by atoms with Gasteiger partial charge in [0.15, 0.2) is 5.69 Å². The molecule has 0 saturated carbocycles. The second-order valence-corrected chi connectivity index (χ2v) is 8.23. The first kappa shape index (κ1) is 23.8. The summed E-state index contributed by atoms with van der Waals surface area (Å²) in [6.07, 6.45) is 1.46. The number of carbonyl (C=O) groups is 1. The molecule has 0 aliphatic heterocycles. The van der Waals surface area contributed by atoms with Crippen LogP contribution < -0.4 is 20.6 Å². The zero-order valence-electron chi connectivity index (χ0n) is 19.1. The highest BCUT2D eigenvalue weighted by Crippen LogP contribution is 2.26. The van der Waals surface area contributed by atoms with Crippen LogP contribution in [0.3, 0.4) is 0 Å². The van der Waals surface area contributed by atoms with Gasteiger partial charge in [-0.15, -0.1) is 16.9 Å². The zero-order valence-corrected chi connectivity index (χ0v) is 19.9. The molecule has 0 aliphatic carbocycles. The number of thioether (sulfide) groups is 1. The number of aromatic nitrogens is 5. The minimum Gasteiger partial charge on any atom is -0.497 e. The lowest BCUT2D eigenvalue weighted by molar-refractivity contribution is 0.0949. The maximum atomic E-state index is 12.9. The van der Waals surface area contributed by atoms with Crippen molar-refractivity contribution in [2.45, 2.75) is 17.6 Å². The van der Waals surface area contributed by atoms with Crippen molar-refractivity contribution in [2.24, 2.45) is 5.10 Å². The number of rotatable bonds is 9. The zero-order chi connectivity index (χ0) is 24.8. The Morgan fingerprint density at radius 2 is 2.00 bits per heavy atom. The van der Waals surface area contributed by atoms with Gasteiger partial charge in [-0.1, -0.05) is 22.9 Å². The minimum absolute atomic E-state index is 0.0214. The summed E-state index contributed by atoms with van der Waals surface area (Å²) in [5.41, 5.74) is 10.6. The van der Waals surface area contributed by atoms with E-state index in [1.165, 1.54) is 29.8 Å². The summed E-state index contributed by atoms with van der Waals surface area (Å²) in [7, 11) is 3.10. The number of amides is 1. The molecule has 1 amide bonds. The summed E-state index contributed by atoms with van der Waals surface area (Å²) in [6.45, 7) is 2.01. The van der Waals surface area contributed by atoms with Gasteiger partial charge in [-0.3, -0.25) is 4.79 Å². The SMILES string of the molecule is COc1ccc(/C=N\NC(=O)c2nnn(-c3nonc3N)c2CSc2ccc(C)cc2)c(OC)c1. The summed E-state index contributed by atoms with van der Waals surface area (Å²) in [5.74, 6) is 1.13. The summed E-state index contributed by atoms with van der Waals surface area (Å²) < 4.78 is 16.5. The molecule has 0 saturated heterocycles. The van der Waals surface area contributed by atoms with E-state index in [0.717, 1.165) is 10.5 Å². The lowest BCUT2D eigenvalue weighted by atomic mass is 10.2. The highest BCUT2D eigenvalue weighted by atomic mass is 32.2. The second kappa shape index (κ2) is 10.7. The predicted octanol–water partition coefficient (Wildman–Crippen LogP) is 2.61. The van der Waals surface area contributed by atoms with E-state index in [4.69, 9.17) is 15.2 Å². The van der Waals surface area contributed by atoms with Crippen LogP contribution in [0.2, 0.25) is 0 Å². The van der Waals surface area contributed by atoms with E-state index >= 15 is 0 Å². The van der Waals surface area contributed by atoms with Crippen molar-refractivity contribution in [3.8, 4) is 17.3 Å². The molecule has 0 spiro atoms. The number of nitrogen functional groups attached to an aromatic ring is 1. The molecule has 12 nitrogen and oxygen atoms in total. The van der Waals surface area contributed by atoms with Crippen LogP contribution in [-0.2, 0) is 5.75 Å². The van der Waals surface area contributed by atoms with Crippen LogP contribution in [0.1, 0.15) is 27.3 Å². The van der Waals surface area contributed by atoms with E-state index in [9.17, 15) is 4.79 Å². The van der Waals surface area contributed by atoms with Crippen molar-refractivity contribution in [2.75, 3.05) is 20.0 Å². The Kier molecular flexibility index (Phi) is 7.26. The Bertz CT molecular complexity index is 1350. The quantitative estimate of drug-likeness (QED) is 0.201. The second-order valence-electron chi connectivity index (χ2n) is 7.18. The van der Waals surface area contributed by atoms with Gasteiger partial charge < -0.3 is 15.2 Å². The van der Waals surface area contributed by atoms with Crippen LogP contribution in [0.25, 0.3) is 5.82 Å². The Balaban J connectivity index is 1.57. The number of hydrogen-bond acceptors (Lipinski definition) is 11. The van der Waals surface area contributed by atoms with Crippen molar-refractivity contribution in [3.63, 3.8) is 0 Å². The molecule has 4 rings (SSSR count). The lowest BCUT2D eigenvalue weighted by Gasteiger charge is -2.07. The van der Waals surface area contributed by atoms with Crippen LogP contribution in [-0.4, -0.2) is 51.6 Å². The highest BCUT2D eigenvalue weighted by molar-refractivity contribution is 7.98. The Morgan fingerprint density at radius 1 is 1.20 bits per heavy atom. The molecule has 2 heterocycles. The number of nitrogens with zero attached hydrogens (tertiary/aromatic N) is 6. The summed E-state index contributed by atoms with van der Waals surface area (Å²) >= 11 is 1.50. The molecule has 0 atom stereocenters. The number of aryl methyl sites for hydroxylation is 1. The van der Waals surface area contributed by atoms with Gasteiger partial charge in [0.1, 0.15) is 11.5 Å². The molecule has 0 aliphatic rings. The number of methoxy groups -OCH3 is 2. The van der Waals surface area contributed by atoms with Crippen molar-refractivity contribution in [1.82, 2.24) is 30.7 Å². The van der Waals surface area contributed by atoms with Crippen LogP contribution in [0.4, 0.5) is 5.82 Å². The molecule has 180 valence electrons. The summed E-state index contributed by atoms with van der Waals surface area (Å²) in [5, 5.41) is 19.5. The number of hydrogen-bond donors (Lipinski definition) is 2. The number of carbonyl (C=O) groups excluding carboxylic acids is 1. The largest absolute Gasteiger partial charge is 0.497 e. The molecule has 2 aromatic carbocycles. The van der Waals surface area contributed by atoms with Crippen LogP contribution >= 0.6 is 11.8 Å². The van der Waals surface area contributed by atoms with Gasteiger partial charge in [0.25, 0.3) is 5.91 Å². The van der Waals surface area contributed by atoms with E-state index in [0.29, 0.717) is 28.5 Å². The van der Waals surface area contributed by atoms with Crippen molar-refractivity contribution in [3.05, 3.63) is 65.0 Å². The van der Waals surface area contributed by atoms with Gasteiger partial charge in [0.2, 0.25) is 11.6 Å².